The fourth-order valence-electron chi connectivity index (χ4n) is 3.76. The van der Waals surface area contributed by atoms with Crippen LogP contribution in [0.15, 0.2) is 9.80 Å². The first-order valence-electron chi connectivity index (χ1n) is 8.24. The van der Waals surface area contributed by atoms with Gasteiger partial charge in [-0.15, -0.1) is 21.5 Å². The summed E-state index contributed by atoms with van der Waals surface area (Å²) in [5.74, 6) is 2.18. The van der Waals surface area contributed by atoms with Crippen LogP contribution >= 0.6 is 11.3 Å². The summed E-state index contributed by atoms with van der Waals surface area (Å²) in [7, 11) is 0. The van der Waals surface area contributed by atoms with Crippen LogP contribution in [0.3, 0.4) is 0 Å². The Bertz CT molecular complexity index is 671. The number of aromatic nitrogens is 3. The second-order valence-corrected chi connectivity index (χ2v) is 7.48. The highest BCUT2D eigenvalue weighted by molar-refractivity contribution is 7.09. The average Bonchev–Trinajstić information content (AvgIpc) is 3.15. The largest absolute Gasteiger partial charge is 0.425 e. The Hall–Kier alpha value is -1.31. The summed E-state index contributed by atoms with van der Waals surface area (Å²) >= 11 is 1.75. The number of aryl methyl sites for hydroxylation is 2. The van der Waals surface area contributed by atoms with Crippen molar-refractivity contribution in [3.05, 3.63) is 27.9 Å². The fourth-order valence-corrected chi connectivity index (χ4v) is 4.58. The summed E-state index contributed by atoms with van der Waals surface area (Å²) in [5.41, 5.74) is 1.11. The number of rotatable bonds is 3. The molecular weight excluding hydrogens is 312 g/mol. The highest BCUT2D eigenvalue weighted by Crippen LogP contribution is 2.39. The lowest BCUT2D eigenvalue weighted by Gasteiger charge is -2.43. The molecule has 4 heterocycles. The van der Waals surface area contributed by atoms with Crippen molar-refractivity contribution in [2.24, 2.45) is 5.92 Å². The molecule has 124 valence electrons. The summed E-state index contributed by atoms with van der Waals surface area (Å²) in [6, 6.07) is 0. The summed E-state index contributed by atoms with van der Waals surface area (Å²) in [5, 5.41) is 11.6. The third-order valence-electron chi connectivity index (χ3n) is 4.84. The number of hydrogen-bond donors (Lipinski definition) is 0. The quantitative estimate of drug-likeness (QED) is 0.859. The molecule has 23 heavy (non-hydrogen) atoms. The first-order chi connectivity index (χ1) is 11.2. The van der Waals surface area contributed by atoms with Gasteiger partial charge in [0, 0.05) is 49.5 Å². The summed E-state index contributed by atoms with van der Waals surface area (Å²) < 4.78 is 11.7. The van der Waals surface area contributed by atoms with Gasteiger partial charge in [-0.1, -0.05) is 0 Å². The van der Waals surface area contributed by atoms with E-state index in [2.05, 4.69) is 32.4 Å². The Labute approximate surface area is 139 Å². The van der Waals surface area contributed by atoms with E-state index in [1.54, 1.807) is 11.3 Å². The number of likely N-dealkylation sites (tertiary alicyclic amines) is 1. The van der Waals surface area contributed by atoms with Crippen LogP contribution in [0.25, 0.3) is 0 Å². The number of nitrogens with zero attached hydrogens (tertiary/aromatic N) is 4. The lowest BCUT2D eigenvalue weighted by molar-refractivity contribution is -0.0820. The van der Waals surface area contributed by atoms with Crippen molar-refractivity contribution < 1.29 is 9.15 Å². The minimum atomic E-state index is 0.315. The van der Waals surface area contributed by atoms with Crippen LogP contribution in [0.5, 0.6) is 0 Å². The molecule has 0 aliphatic carbocycles. The summed E-state index contributed by atoms with van der Waals surface area (Å²) in [6.07, 6.45) is 2.35. The Kier molecular flexibility index (Phi) is 4.17. The molecule has 0 unspecified atom stereocenters. The molecule has 2 fully saturated rings. The highest BCUT2D eigenvalue weighted by atomic mass is 32.1. The molecule has 2 aliphatic rings. The van der Waals surface area contributed by atoms with Gasteiger partial charge in [-0.2, -0.15) is 0 Å². The van der Waals surface area contributed by atoms with Gasteiger partial charge in [-0.25, -0.2) is 4.98 Å². The summed E-state index contributed by atoms with van der Waals surface area (Å²) in [6.45, 7) is 7.70. The zero-order chi connectivity index (χ0) is 15.8. The van der Waals surface area contributed by atoms with Crippen molar-refractivity contribution in [2.75, 3.05) is 19.7 Å². The van der Waals surface area contributed by atoms with Gasteiger partial charge in [-0.05, 0) is 19.8 Å². The van der Waals surface area contributed by atoms with Gasteiger partial charge in [0.2, 0.25) is 11.8 Å². The third-order valence-corrected chi connectivity index (χ3v) is 5.79. The van der Waals surface area contributed by atoms with Gasteiger partial charge in [0.15, 0.2) is 0 Å². The average molecular weight is 334 g/mol. The second kappa shape index (κ2) is 6.30. The molecule has 2 aromatic heterocycles. The highest BCUT2D eigenvalue weighted by Gasteiger charge is 2.41. The van der Waals surface area contributed by atoms with Crippen LogP contribution in [-0.2, 0) is 11.3 Å². The van der Waals surface area contributed by atoms with E-state index in [9.17, 15) is 0 Å². The van der Waals surface area contributed by atoms with E-state index in [1.165, 1.54) is 5.01 Å². The first-order valence-corrected chi connectivity index (χ1v) is 9.12. The molecule has 2 aromatic rings. The third kappa shape index (κ3) is 3.18. The standard InChI is InChI=1S/C16H22N4O2S/c1-10-9-23-15(17-10)8-20-5-3-14-13(7-20)12(4-6-21-14)16-19-18-11(2)22-16/h9,12-14H,3-8H2,1-2H3/t12-,13-,14-/m1/s1. The molecule has 0 bridgehead atoms. The van der Waals surface area contributed by atoms with Crippen LogP contribution < -0.4 is 0 Å². The van der Waals surface area contributed by atoms with Crippen LogP contribution in [0.1, 0.15) is 41.2 Å². The molecule has 0 aromatic carbocycles. The van der Waals surface area contributed by atoms with Gasteiger partial charge in [0.25, 0.3) is 0 Å². The van der Waals surface area contributed by atoms with Gasteiger partial charge < -0.3 is 9.15 Å². The molecule has 2 aliphatic heterocycles. The number of piperidine rings is 1. The van der Waals surface area contributed by atoms with E-state index < -0.39 is 0 Å². The molecule has 3 atom stereocenters. The second-order valence-electron chi connectivity index (χ2n) is 6.53. The molecule has 7 heteroatoms. The minimum absolute atomic E-state index is 0.315. The summed E-state index contributed by atoms with van der Waals surface area (Å²) in [4.78, 5) is 7.08. The number of ether oxygens (including phenoxy) is 1. The van der Waals surface area contributed by atoms with Crippen molar-refractivity contribution in [3.63, 3.8) is 0 Å². The van der Waals surface area contributed by atoms with Crippen LogP contribution in [0, 0.1) is 19.8 Å². The zero-order valence-corrected chi connectivity index (χ0v) is 14.4. The van der Waals surface area contributed by atoms with Crippen LogP contribution in [-0.4, -0.2) is 45.9 Å². The van der Waals surface area contributed by atoms with Crippen LogP contribution in [0.2, 0.25) is 0 Å². The SMILES string of the molecule is Cc1csc(CN2CC[C@H]3OCC[C@@H](c4nnc(C)o4)[C@H]3C2)n1. The predicted molar refractivity (Wildman–Crippen MR) is 86.4 cm³/mol. The zero-order valence-electron chi connectivity index (χ0n) is 13.6. The maximum atomic E-state index is 6.01. The number of thiazole rings is 1. The smallest absolute Gasteiger partial charge is 0.220 e. The van der Waals surface area contributed by atoms with Crippen molar-refractivity contribution >= 4 is 11.3 Å². The van der Waals surface area contributed by atoms with E-state index in [-0.39, 0.29) is 0 Å². The minimum Gasteiger partial charge on any atom is -0.425 e. The van der Waals surface area contributed by atoms with Crippen molar-refractivity contribution in [3.8, 4) is 0 Å². The maximum Gasteiger partial charge on any atom is 0.220 e. The molecular formula is C16H22N4O2S. The molecule has 2 saturated heterocycles. The lowest BCUT2D eigenvalue weighted by Crippen LogP contribution is -2.48. The van der Waals surface area contributed by atoms with Gasteiger partial charge in [0.05, 0.1) is 12.6 Å². The van der Waals surface area contributed by atoms with E-state index in [1.807, 2.05) is 6.92 Å². The van der Waals surface area contributed by atoms with Crippen LogP contribution in [0.4, 0.5) is 0 Å². The normalized spacial score (nSPS) is 28.7. The fraction of sp³-hybridized carbons (Fsp3) is 0.688. The van der Waals surface area contributed by atoms with E-state index in [4.69, 9.17) is 9.15 Å². The maximum absolute atomic E-state index is 6.01. The van der Waals surface area contributed by atoms with E-state index >= 15 is 0 Å². The monoisotopic (exact) mass is 334 g/mol. The molecule has 0 spiro atoms. The van der Waals surface area contributed by atoms with E-state index in [0.29, 0.717) is 23.8 Å². The molecule has 6 nitrogen and oxygen atoms in total. The Balaban J connectivity index is 1.49. The predicted octanol–water partition coefficient (Wildman–Crippen LogP) is 2.54. The van der Waals surface area contributed by atoms with Crippen molar-refractivity contribution in [2.45, 2.75) is 45.3 Å². The van der Waals surface area contributed by atoms with Gasteiger partial charge >= 0.3 is 0 Å². The number of fused-ring (bicyclic) bond motifs is 1. The lowest BCUT2D eigenvalue weighted by atomic mass is 9.79. The number of hydrogen-bond acceptors (Lipinski definition) is 7. The van der Waals surface area contributed by atoms with E-state index in [0.717, 1.165) is 50.7 Å². The molecule has 0 N–H and O–H groups in total. The topological polar surface area (TPSA) is 64.3 Å². The molecule has 0 amide bonds. The Morgan fingerprint density at radius 3 is 2.96 bits per heavy atom. The van der Waals surface area contributed by atoms with Gasteiger partial charge in [-0.3, -0.25) is 4.90 Å². The molecule has 0 radical (unpaired) electrons. The first kappa shape index (κ1) is 15.2. The Morgan fingerprint density at radius 1 is 1.30 bits per heavy atom. The van der Waals surface area contributed by atoms with Crippen molar-refractivity contribution in [1.29, 1.82) is 0 Å². The molecule has 4 rings (SSSR count). The van der Waals surface area contributed by atoms with Crippen molar-refractivity contribution in [1.82, 2.24) is 20.1 Å². The van der Waals surface area contributed by atoms with Gasteiger partial charge in [0.1, 0.15) is 5.01 Å². The Morgan fingerprint density at radius 2 is 2.22 bits per heavy atom. The molecule has 0 saturated carbocycles.